The van der Waals surface area contributed by atoms with Crippen LogP contribution in [0.25, 0.3) is 0 Å². The zero-order valence-electron chi connectivity index (χ0n) is 10.7. The second kappa shape index (κ2) is 4.93. The molecule has 0 aliphatic heterocycles. The van der Waals surface area contributed by atoms with Gasteiger partial charge in [0.15, 0.2) is 0 Å². The largest absolute Gasteiger partial charge is 0.508 e. The minimum absolute atomic E-state index is 0.0325. The number of benzene rings is 2. The molecular weight excluding hydrogens is 262 g/mol. The Balaban J connectivity index is 2.30. The van der Waals surface area contributed by atoms with E-state index in [1.807, 2.05) is 19.9 Å². The van der Waals surface area contributed by atoms with Crippen molar-refractivity contribution in [1.82, 2.24) is 0 Å². The maximum absolute atomic E-state index is 12.1. The number of aryl methyl sites for hydroxylation is 2. The summed E-state index contributed by atoms with van der Waals surface area (Å²) in [4.78, 5) is 0.114. The van der Waals surface area contributed by atoms with Crippen LogP contribution in [0.15, 0.2) is 47.4 Å². The Kier molecular flexibility index (Phi) is 3.48. The first-order valence-electron chi connectivity index (χ1n) is 5.77. The van der Waals surface area contributed by atoms with Crippen LogP contribution in [0.2, 0.25) is 0 Å². The summed E-state index contributed by atoms with van der Waals surface area (Å²) in [6.07, 6.45) is 0. The fraction of sp³-hybridized carbons (Fsp3) is 0.143. The van der Waals surface area contributed by atoms with Crippen molar-refractivity contribution < 1.29 is 13.5 Å². The summed E-state index contributed by atoms with van der Waals surface area (Å²) in [7, 11) is -3.62. The van der Waals surface area contributed by atoms with Crippen molar-refractivity contribution in [3.8, 4) is 5.75 Å². The first-order chi connectivity index (χ1) is 8.88. The molecule has 5 heteroatoms. The summed E-state index contributed by atoms with van der Waals surface area (Å²) >= 11 is 0. The lowest BCUT2D eigenvalue weighted by atomic mass is 10.1. The minimum Gasteiger partial charge on any atom is -0.508 e. The first-order valence-corrected chi connectivity index (χ1v) is 7.26. The molecule has 0 aliphatic rings. The highest BCUT2D eigenvalue weighted by Gasteiger charge is 2.14. The third kappa shape index (κ3) is 3.06. The first kappa shape index (κ1) is 13.4. The summed E-state index contributed by atoms with van der Waals surface area (Å²) in [6, 6.07) is 10.8. The highest BCUT2D eigenvalue weighted by molar-refractivity contribution is 7.92. The molecule has 19 heavy (non-hydrogen) atoms. The van der Waals surface area contributed by atoms with Crippen molar-refractivity contribution in [2.45, 2.75) is 18.7 Å². The van der Waals surface area contributed by atoms with Gasteiger partial charge in [-0.05, 0) is 61.4 Å². The van der Waals surface area contributed by atoms with Gasteiger partial charge in [-0.3, -0.25) is 4.72 Å². The van der Waals surface area contributed by atoms with Crippen LogP contribution >= 0.6 is 0 Å². The molecule has 0 heterocycles. The molecule has 0 bridgehead atoms. The Hall–Kier alpha value is -2.01. The number of hydrogen-bond donors (Lipinski definition) is 2. The Morgan fingerprint density at radius 3 is 2.16 bits per heavy atom. The number of sulfonamides is 1. The lowest BCUT2D eigenvalue weighted by molar-refractivity contribution is 0.475. The third-order valence-corrected chi connectivity index (χ3v) is 4.30. The number of hydrogen-bond acceptors (Lipinski definition) is 3. The van der Waals surface area contributed by atoms with E-state index in [-0.39, 0.29) is 10.6 Å². The Bertz CT molecular complexity index is 691. The van der Waals surface area contributed by atoms with Gasteiger partial charge in [0.25, 0.3) is 10.0 Å². The van der Waals surface area contributed by atoms with Crippen molar-refractivity contribution in [1.29, 1.82) is 0 Å². The van der Waals surface area contributed by atoms with Gasteiger partial charge < -0.3 is 5.11 Å². The quantitative estimate of drug-likeness (QED) is 0.906. The molecule has 4 nitrogen and oxygen atoms in total. The normalized spacial score (nSPS) is 11.3. The topological polar surface area (TPSA) is 66.4 Å². The monoisotopic (exact) mass is 277 g/mol. The Morgan fingerprint density at radius 2 is 1.58 bits per heavy atom. The van der Waals surface area contributed by atoms with Crippen LogP contribution in [0.5, 0.6) is 5.75 Å². The molecule has 0 amide bonds. The van der Waals surface area contributed by atoms with Crippen LogP contribution in [0.1, 0.15) is 11.1 Å². The van der Waals surface area contributed by atoms with E-state index in [2.05, 4.69) is 4.72 Å². The summed E-state index contributed by atoms with van der Waals surface area (Å²) in [5.74, 6) is 0.0325. The van der Waals surface area contributed by atoms with Crippen molar-refractivity contribution in [2.24, 2.45) is 0 Å². The fourth-order valence-corrected chi connectivity index (χ4v) is 2.69. The Labute approximate surface area is 112 Å². The van der Waals surface area contributed by atoms with Gasteiger partial charge in [0.2, 0.25) is 0 Å². The summed E-state index contributed by atoms with van der Waals surface area (Å²) < 4.78 is 26.7. The highest BCUT2D eigenvalue weighted by atomic mass is 32.2. The van der Waals surface area contributed by atoms with Crippen LogP contribution in [0, 0.1) is 13.8 Å². The van der Waals surface area contributed by atoms with Gasteiger partial charge in [-0.2, -0.15) is 0 Å². The number of phenols is 1. The molecule has 100 valence electrons. The third-order valence-electron chi connectivity index (χ3n) is 2.91. The fourth-order valence-electron chi connectivity index (χ4n) is 1.64. The number of nitrogens with one attached hydrogen (secondary N) is 1. The van der Waals surface area contributed by atoms with Crippen molar-refractivity contribution in [3.05, 3.63) is 53.6 Å². The van der Waals surface area contributed by atoms with Crippen LogP contribution < -0.4 is 4.72 Å². The zero-order valence-corrected chi connectivity index (χ0v) is 11.5. The van der Waals surface area contributed by atoms with Crippen LogP contribution in [0.3, 0.4) is 0 Å². The van der Waals surface area contributed by atoms with Gasteiger partial charge in [-0.1, -0.05) is 6.07 Å². The molecule has 0 saturated heterocycles. The SMILES string of the molecule is Cc1ccc(NS(=O)(=O)c2ccc(O)cc2)cc1C. The van der Waals surface area contributed by atoms with E-state index in [0.717, 1.165) is 11.1 Å². The molecule has 2 rings (SSSR count). The molecule has 0 spiro atoms. The highest BCUT2D eigenvalue weighted by Crippen LogP contribution is 2.20. The van der Waals surface area contributed by atoms with E-state index in [0.29, 0.717) is 5.69 Å². The standard InChI is InChI=1S/C14H15NO3S/c1-10-3-4-12(9-11(10)2)15-19(17,18)14-7-5-13(16)6-8-14/h3-9,15-16H,1-2H3. The number of aromatic hydroxyl groups is 1. The maximum Gasteiger partial charge on any atom is 0.261 e. The number of phenolic OH excluding ortho intramolecular Hbond substituents is 1. The summed E-state index contributed by atoms with van der Waals surface area (Å²) in [5.41, 5.74) is 2.65. The Morgan fingerprint density at radius 1 is 0.947 bits per heavy atom. The zero-order chi connectivity index (χ0) is 14.0. The molecule has 0 fully saturated rings. The van der Waals surface area contributed by atoms with E-state index in [1.54, 1.807) is 12.1 Å². The predicted molar refractivity (Wildman–Crippen MR) is 74.8 cm³/mol. The second-order valence-electron chi connectivity index (χ2n) is 4.40. The average Bonchev–Trinajstić information content (AvgIpc) is 2.34. The molecule has 0 saturated carbocycles. The van der Waals surface area contributed by atoms with Crippen molar-refractivity contribution in [2.75, 3.05) is 4.72 Å². The van der Waals surface area contributed by atoms with Crippen LogP contribution in [0.4, 0.5) is 5.69 Å². The van der Waals surface area contributed by atoms with E-state index in [4.69, 9.17) is 5.11 Å². The molecule has 0 radical (unpaired) electrons. The molecule has 0 aliphatic carbocycles. The van der Waals surface area contributed by atoms with Gasteiger partial charge in [0, 0.05) is 5.69 Å². The van der Waals surface area contributed by atoms with Gasteiger partial charge in [0.05, 0.1) is 4.90 Å². The number of anilines is 1. The molecule has 0 atom stereocenters. The van der Waals surface area contributed by atoms with Gasteiger partial charge in [-0.15, -0.1) is 0 Å². The molecular formula is C14H15NO3S. The lowest BCUT2D eigenvalue weighted by Crippen LogP contribution is -2.12. The maximum atomic E-state index is 12.1. The van der Waals surface area contributed by atoms with E-state index in [9.17, 15) is 8.42 Å². The molecule has 0 aromatic heterocycles. The predicted octanol–water partition coefficient (Wildman–Crippen LogP) is 2.81. The molecule has 0 unspecified atom stereocenters. The minimum atomic E-state index is -3.62. The number of rotatable bonds is 3. The van der Waals surface area contributed by atoms with Gasteiger partial charge in [0.1, 0.15) is 5.75 Å². The average molecular weight is 277 g/mol. The van der Waals surface area contributed by atoms with E-state index in [1.165, 1.54) is 24.3 Å². The van der Waals surface area contributed by atoms with Crippen molar-refractivity contribution >= 4 is 15.7 Å². The molecule has 2 aromatic rings. The summed E-state index contributed by atoms with van der Waals surface area (Å²) in [5, 5.41) is 9.16. The smallest absolute Gasteiger partial charge is 0.261 e. The van der Waals surface area contributed by atoms with Crippen LogP contribution in [-0.2, 0) is 10.0 Å². The van der Waals surface area contributed by atoms with Gasteiger partial charge in [-0.25, -0.2) is 8.42 Å². The molecule has 2 aromatic carbocycles. The van der Waals surface area contributed by atoms with Gasteiger partial charge >= 0.3 is 0 Å². The van der Waals surface area contributed by atoms with Crippen molar-refractivity contribution in [3.63, 3.8) is 0 Å². The second-order valence-corrected chi connectivity index (χ2v) is 6.08. The van der Waals surface area contributed by atoms with E-state index >= 15 is 0 Å². The molecule has 2 N–H and O–H groups in total. The van der Waals surface area contributed by atoms with Crippen LogP contribution in [-0.4, -0.2) is 13.5 Å². The lowest BCUT2D eigenvalue weighted by Gasteiger charge is -2.09. The van der Waals surface area contributed by atoms with E-state index < -0.39 is 10.0 Å². The summed E-state index contributed by atoms with van der Waals surface area (Å²) in [6.45, 7) is 3.89.